The van der Waals surface area contributed by atoms with Crippen molar-refractivity contribution in [1.82, 2.24) is 0 Å². The van der Waals surface area contributed by atoms with Gasteiger partial charge in [0, 0.05) is 27.5 Å². The van der Waals surface area contributed by atoms with Crippen LogP contribution in [0.15, 0.2) is 66.7 Å². The number of para-hydroxylation sites is 1. The second-order valence-corrected chi connectivity index (χ2v) is 7.59. The highest BCUT2D eigenvalue weighted by Crippen LogP contribution is 2.46. The molecule has 0 bridgehead atoms. The highest BCUT2D eigenvalue weighted by molar-refractivity contribution is 5.99. The number of carbonyl (C=O) groups excluding carboxylic acids is 1. The van der Waals surface area contributed by atoms with Gasteiger partial charge >= 0.3 is 5.97 Å². The first-order valence-electron chi connectivity index (χ1n) is 9.71. The number of benzene rings is 3. The molecule has 0 saturated carbocycles. The molecule has 0 aromatic heterocycles. The molecule has 0 fully saturated rings. The summed E-state index contributed by atoms with van der Waals surface area (Å²) in [6, 6.07) is 17.8. The Kier molecular flexibility index (Phi) is 4.91. The van der Waals surface area contributed by atoms with Gasteiger partial charge in [-0.05, 0) is 44.2 Å². The first-order chi connectivity index (χ1) is 13.5. The lowest BCUT2D eigenvalue weighted by molar-refractivity contribution is -0.130. The van der Waals surface area contributed by atoms with Crippen molar-refractivity contribution in [2.24, 2.45) is 5.92 Å². The number of hydrogen-bond acceptors (Lipinski definition) is 3. The van der Waals surface area contributed by atoms with E-state index in [4.69, 9.17) is 9.47 Å². The predicted molar refractivity (Wildman–Crippen MR) is 112 cm³/mol. The molecule has 0 N–H and O–H groups in total. The SMILES string of the molecule is C=C(C)C(=O)Oc1c2c(c(Oc3ccccc3)c3ccccc13)CCC(C)C2. The number of ether oxygens (including phenoxy) is 2. The number of carbonyl (C=O) groups is 1. The zero-order valence-corrected chi connectivity index (χ0v) is 16.3. The minimum atomic E-state index is -0.387. The van der Waals surface area contributed by atoms with E-state index in [1.807, 2.05) is 54.6 Å². The highest BCUT2D eigenvalue weighted by Gasteiger charge is 2.27. The average molecular weight is 372 g/mol. The van der Waals surface area contributed by atoms with Gasteiger partial charge in [0.2, 0.25) is 0 Å². The maximum Gasteiger partial charge on any atom is 0.338 e. The van der Waals surface area contributed by atoms with Crippen LogP contribution in [0.1, 0.15) is 31.4 Å². The minimum absolute atomic E-state index is 0.387. The van der Waals surface area contributed by atoms with Gasteiger partial charge in [0.15, 0.2) is 0 Å². The van der Waals surface area contributed by atoms with Gasteiger partial charge < -0.3 is 9.47 Å². The third kappa shape index (κ3) is 3.40. The van der Waals surface area contributed by atoms with Crippen LogP contribution in [0.2, 0.25) is 0 Å². The summed E-state index contributed by atoms with van der Waals surface area (Å²) in [5, 5.41) is 1.86. The Labute approximate surface area is 165 Å². The summed E-state index contributed by atoms with van der Waals surface area (Å²) in [5.41, 5.74) is 2.62. The zero-order valence-electron chi connectivity index (χ0n) is 16.3. The van der Waals surface area contributed by atoms with Crippen LogP contribution < -0.4 is 9.47 Å². The second-order valence-electron chi connectivity index (χ2n) is 7.59. The monoisotopic (exact) mass is 372 g/mol. The Hall–Kier alpha value is -3.07. The van der Waals surface area contributed by atoms with E-state index in [9.17, 15) is 4.79 Å². The van der Waals surface area contributed by atoms with Crippen molar-refractivity contribution in [2.45, 2.75) is 33.1 Å². The van der Waals surface area contributed by atoms with E-state index in [1.54, 1.807) is 6.92 Å². The molecule has 3 nitrogen and oxygen atoms in total. The van der Waals surface area contributed by atoms with Gasteiger partial charge in [-0.3, -0.25) is 0 Å². The van der Waals surface area contributed by atoms with Crippen molar-refractivity contribution >= 4 is 16.7 Å². The standard InChI is InChI=1S/C25H24O3/c1-16(2)25(26)28-24-20-12-8-7-11-19(20)23(27-18-9-5-4-6-10-18)21-14-13-17(3)15-22(21)24/h4-12,17H,1,13-15H2,2-3H3. The molecule has 28 heavy (non-hydrogen) atoms. The summed E-state index contributed by atoms with van der Waals surface area (Å²) in [6.45, 7) is 7.64. The summed E-state index contributed by atoms with van der Waals surface area (Å²) < 4.78 is 12.2. The molecular formula is C25H24O3. The van der Waals surface area contributed by atoms with Crippen molar-refractivity contribution in [3.05, 3.63) is 77.9 Å². The van der Waals surface area contributed by atoms with Gasteiger partial charge in [-0.1, -0.05) is 56.0 Å². The van der Waals surface area contributed by atoms with E-state index < -0.39 is 0 Å². The molecule has 3 aromatic rings. The smallest absolute Gasteiger partial charge is 0.338 e. The molecule has 0 spiro atoms. The molecule has 3 heteroatoms. The molecule has 0 heterocycles. The van der Waals surface area contributed by atoms with Crippen LogP contribution in [-0.4, -0.2) is 5.97 Å². The lowest BCUT2D eigenvalue weighted by Crippen LogP contribution is -2.17. The van der Waals surface area contributed by atoms with Crippen molar-refractivity contribution < 1.29 is 14.3 Å². The van der Waals surface area contributed by atoms with Crippen LogP contribution in [0.25, 0.3) is 10.8 Å². The number of esters is 1. The van der Waals surface area contributed by atoms with Crippen molar-refractivity contribution in [3.63, 3.8) is 0 Å². The van der Waals surface area contributed by atoms with Crippen LogP contribution in [0.5, 0.6) is 17.2 Å². The van der Waals surface area contributed by atoms with Gasteiger partial charge in [-0.15, -0.1) is 0 Å². The fourth-order valence-corrected chi connectivity index (χ4v) is 3.82. The van der Waals surface area contributed by atoms with Crippen molar-refractivity contribution in [1.29, 1.82) is 0 Å². The van der Waals surface area contributed by atoms with E-state index in [2.05, 4.69) is 13.5 Å². The van der Waals surface area contributed by atoms with Crippen LogP contribution in [-0.2, 0) is 17.6 Å². The molecule has 0 radical (unpaired) electrons. The first kappa shape index (κ1) is 18.3. The predicted octanol–water partition coefficient (Wildman–Crippen LogP) is 6.24. The molecule has 1 atom stereocenters. The maximum atomic E-state index is 12.3. The summed E-state index contributed by atoms with van der Waals surface area (Å²) in [7, 11) is 0. The molecule has 1 unspecified atom stereocenters. The Bertz CT molecular complexity index is 1050. The Morgan fingerprint density at radius 2 is 1.61 bits per heavy atom. The Balaban J connectivity index is 1.95. The summed E-state index contributed by atoms with van der Waals surface area (Å²) in [5.74, 6) is 2.48. The molecular weight excluding hydrogens is 348 g/mol. The average Bonchev–Trinajstić information content (AvgIpc) is 2.71. The van der Waals surface area contributed by atoms with Crippen LogP contribution in [0.4, 0.5) is 0 Å². The van der Waals surface area contributed by atoms with Crippen molar-refractivity contribution in [2.75, 3.05) is 0 Å². The summed E-state index contributed by atoms with van der Waals surface area (Å²) in [4.78, 5) is 12.3. The molecule has 3 aromatic carbocycles. The number of rotatable bonds is 4. The Morgan fingerprint density at radius 1 is 0.964 bits per heavy atom. The molecule has 0 amide bonds. The lowest BCUT2D eigenvalue weighted by atomic mass is 9.82. The Morgan fingerprint density at radius 3 is 2.29 bits per heavy atom. The number of hydrogen-bond donors (Lipinski definition) is 0. The summed E-state index contributed by atoms with van der Waals surface area (Å²) in [6.07, 6.45) is 2.86. The third-order valence-electron chi connectivity index (χ3n) is 5.27. The van der Waals surface area contributed by atoms with Gasteiger partial charge in [0.25, 0.3) is 0 Å². The molecule has 0 saturated heterocycles. The van der Waals surface area contributed by atoms with Gasteiger partial charge in [0.05, 0.1) is 0 Å². The normalized spacial score (nSPS) is 15.7. The molecule has 142 valence electrons. The lowest BCUT2D eigenvalue weighted by Gasteiger charge is -2.27. The third-order valence-corrected chi connectivity index (χ3v) is 5.27. The quantitative estimate of drug-likeness (QED) is 0.309. The van der Waals surface area contributed by atoms with E-state index in [-0.39, 0.29) is 5.97 Å². The summed E-state index contributed by atoms with van der Waals surface area (Å²) >= 11 is 0. The van der Waals surface area contributed by atoms with E-state index >= 15 is 0 Å². The fourth-order valence-electron chi connectivity index (χ4n) is 3.82. The molecule has 1 aliphatic carbocycles. The van der Waals surface area contributed by atoms with Crippen LogP contribution in [0.3, 0.4) is 0 Å². The van der Waals surface area contributed by atoms with Gasteiger partial charge in [-0.2, -0.15) is 0 Å². The molecule has 0 aliphatic heterocycles. The van der Waals surface area contributed by atoms with E-state index in [0.29, 0.717) is 17.2 Å². The highest BCUT2D eigenvalue weighted by atomic mass is 16.5. The van der Waals surface area contributed by atoms with Gasteiger partial charge in [0.1, 0.15) is 17.2 Å². The second kappa shape index (κ2) is 7.51. The fraction of sp³-hybridized carbons (Fsp3) is 0.240. The topological polar surface area (TPSA) is 35.5 Å². The van der Waals surface area contributed by atoms with E-state index in [1.165, 1.54) is 0 Å². The van der Waals surface area contributed by atoms with Crippen LogP contribution in [0, 0.1) is 5.92 Å². The zero-order chi connectivity index (χ0) is 19.7. The minimum Gasteiger partial charge on any atom is -0.456 e. The van der Waals surface area contributed by atoms with Crippen molar-refractivity contribution in [3.8, 4) is 17.2 Å². The number of fused-ring (bicyclic) bond motifs is 2. The molecule has 4 rings (SSSR count). The first-order valence-corrected chi connectivity index (χ1v) is 9.71. The maximum absolute atomic E-state index is 12.3. The van der Waals surface area contributed by atoms with E-state index in [0.717, 1.165) is 52.7 Å². The van der Waals surface area contributed by atoms with Gasteiger partial charge in [-0.25, -0.2) is 4.79 Å². The largest absolute Gasteiger partial charge is 0.456 e. The molecule has 1 aliphatic rings. The van der Waals surface area contributed by atoms with Crippen LogP contribution >= 0.6 is 0 Å².